The first-order valence-electron chi connectivity index (χ1n) is 4.85. The Morgan fingerprint density at radius 1 is 1.32 bits per heavy atom. The van der Waals surface area contributed by atoms with Crippen molar-refractivity contribution in [2.24, 2.45) is 0 Å². The normalized spacial score (nSPS) is 13.3. The van der Waals surface area contributed by atoms with Crippen LogP contribution in [0.5, 0.6) is 5.75 Å². The highest BCUT2D eigenvalue weighted by atomic mass is 32.2. The second kappa shape index (κ2) is 4.96. The number of alkyl halides is 3. The van der Waals surface area contributed by atoms with Gasteiger partial charge in [-0.3, -0.25) is 4.21 Å². The Morgan fingerprint density at radius 3 is 2.63 bits per heavy atom. The molecule has 0 bridgehead atoms. The van der Waals surface area contributed by atoms with Gasteiger partial charge in [0.1, 0.15) is 5.69 Å². The first-order valence-corrected chi connectivity index (χ1v) is 6.41. The maximum atomic E-state index is 12.3. The SMILES string of the molecule is CS(=O)c1nnnn1-c1ccccc1OC(F)(F)F. The molecule has 0 aliphatic rings. The van der Waals surface area contributed by atoms with E-state index in [1.54, 1.807) is 0 Å². The molecule has 0 aliphatic carbocycles. The van der Waals surface area contributed by atoms with E-state index >= 15 is 0 Å². The summed E-state index contributed by atoms with van der Waals surface area (Å²) in [6.07, 6.45) is -3.52. The zero-order valence-corrected chi connectivity index (χ0v) is 10.3. The van der Waals surface area contributed by atoms with E-state index in [2.05, 4.69) is 20.3 Å². The summed E-state index contributed by atoms with van der Waals surface area (Å²) in [5, 5.41) is 10.2. The molecule has 10 heteroatoms. The van der Waals surface area contributed by atoms with E-state index in [4.69, 9.17) is 0 Å². The third-order valence-electron chi connectivity index (χ3n) is 2.02. The number of rotatable bonds is 3. The lowest BCUT2D eigenvalue weighted by molar-refractivity contribution is -0.274. The molecule has 1 atom stereocenters. The molecule has 0 fully saturated rings. The second-order valence-electron chi connectivity index (χ2n) is 3.34. The number of para-hydroxylation sites is 2. The predicted octanol–water partition coefficient (Wildman–Crippen LogP) is 1.30. The van der Waals surface area contributed by atoms with Crippen LogP contribution in [0.1, 0.15) is 0 Å². The summed E-state index contributed by atoms with van der Waals surface area (Å²) in [4.78, 5) is 0. The largest absolute Gasteiger partial charge is 0.573 e. The van der Waals surface area contributed by atoms with Crippen LogP contribution in [0, 0.1) is 0 Å². The molecule has 0 spiro atoms. The molecule has 0 amide bonds. The summed E-state index contributed by atoms with van der Waals surface area (Å²) in [6.45, 7) is 0. The van der Waals surface area contributed by atoms with E-state index in [-0.39, 0.29) is 10.8 Å². The van der Waals surface area contributed by atoms with Gasteiger partial charge in [0.2, 0.25) is 5.16 Å². The molecule has 0 saturated carbocycles. The topological polar surface area (TPSA) is 69.9 Å². The van der Waals surface area contributed by atoms with E-state index in [1.165, 1.54) is 24.5 Å². The van der Waals surface area contributed by atoms with Gasteiger partial charge in [-0.15, -0.1) is 13.2 Å². The number of aromatic nitrogens is 4. The minimum Gasteiger partial charge on any atom is -0.403 e. The van der Waals surface area contributed by atoms with Crippen LogP contribution in [0.4, 0.5) is 13.2 Å². The van der Waals surface area contributed by atoms with Crippen LogP contribution in [0.25, 0.3) is 5.69 Å². The van der Waals surface area contributed by atoms with Gasteiger partial charge in [-0.2, -0.15) is 4.68 Å². The zero-order valence-electron chi connectivity index (χ0n) is 9.46. The quantitative estimate of drug-likeness (QED) is 0.852. The number of hydrogen-bond donors (Lipinski definition) is 0. The first kappa shape index (κ1) is 13.5. The number of benzene rings is 1. The average molecular weight is 292 g/mol. The summed E-state index contributed by atoms with van der Waals surface area (Å²) in [6, 6.07) is 5.31. The summed E-state index contributed by atoms with van der Waals surface area (Å²) in [5.41, 5.74) is -0.0463. The fraction of sp³-hybridized carbons (Fsp3) is 0.222. The van der Waals surface area contributed by atoms with Crippen molar-refractivity contribution in [3.05, 3.63) is 24.3 Å². The average Bonchev–Trinajstić information content (AvgIpc) is 2.76. The molecule has 1 aromatic carbocycles. The van der Waals surface area contributed by atoms with E-state index in [0.29, 0.717) is 0 Å². The predicted molar refractivity (Wildman–Crippen MR) is 58.2 cm³/mol. The lowest BCUT2D eigenvalue weighted by Gasteiger charge is -2.12. The molecule has 19 heavy (non-hydrogen) atoms. The van der Waals surface area contributed by atoms with Gasteiger partial charge < -0.3 is 4.74 Å². The lowest BCUT2D eigenvalue weighted by Crippen LogP contribution is -2.19. The molecule has 0 aliphatic heterocycles. The van der Waals surface area contributed by atoms with Gasteiger partial charge in [-0.25, -0.2) is 0 Å². The number of nitrogens with zero attached hydrogens (tertiary/aromatic N) is 4. The number of halogens is 3. The molecular formula is C9H7F3N4O2S. The summed E-state index contributed by atoms with van der Waals surface area (Å²) >= 11 is 0. The Morgan fingerprint density at radius 2 is 2.00 bits per heavy atom. The Balaban J connectivity index is 2.50. The van der Waals surface area contributed by atoms with Crippen molar-refractivity contribution in [3.8, 4) is 11.4 Å². The molecule has 102 valence electrons. The molecule has 0 N–H and O–H groups in total. The summed E-state index contributed by atoms with van der Waals surface area (Å²) in [7, 11) is -1.55. The van der Waals surface area contributed by atoms with Crippen LogP contribution in [0.3, 0.4) is 0 Å². The van der Waals surface area contributed by atoms with Crippen LogP contribution in [-0.4, -0.2) is 37.0 Å². The molecule has 0 radical (unpaired) electrons. The molecule has 1 heterocycles. The molecule has 1 aromatic heterocycles. The lowest BCUT2D eigenvalue weighted by atomic mass is 10.3. The minimum atomic E-state index is -4.84. The highest BCUT2D eigenvalue weighted by Gasteiger charge is 2.32. The molecule has 2 aromatic rings. The fourth-order valence-electron chi connectivity index (χ4n) is 1.35. The number of tetrazole rings is 1. The van der Waals surface area contributed by atoms with Crippen molar-refractivity contribution >= 4 is 10.8 Å². The van der Waals surface area contributed by atoms with Gasteiger partial charge in [0.05, 0.1) is 10.8 Å². The van der Waals surface area contributed by atoms with Crippen molar-refractivity contribution in [1.29, 1.82) is 0 Å². The fourth-order valence-corrected chi connectivity index (χ4v) is 1.88. The monoisotopic (exact) mass is 292 g/mol. The molecule has 6 nitrogen and oxygen atoms in total. The first-order chi connectivity index (χ1) is 8.88. The smallest absolute Gasteiger partial charge is 0.403 e. The highest BCUT2D eigenvalue weighted by molar-refractivity contribution is 7.84. The van der Waals surface area contributed by atoms with Crippen molar-refractivity contribution in [2.45, 2.75) is 11.5 Å². The van der Waals surface area contributed by atoms with Crippen molar-refractivity contribution in [2.75, 3.05) is 6.26 Å². The Hall–Kier alpha value is -1.97. The van der Waals surface area contributed by atoms with Crippen molar-refractivity contribution < 1.29 is 22.1 Å². The van der Waals surface area contributed by atoms with Crippen LogP contribution in [0.15, 0.2) is 29.4 Å². The molecule has 2 rings (SSSR count). The molecule has 0 saturated heterocycles. The third-order valence-corrected chi connectivity index (χ3v) is 2.79. The standard InChI is InChI=1S/C9H7F3N4O2S/c1-19(17)8-13-14-15-16(8)6-4-2-3-5-7(6)18-9(10,11)12/h2-5H,1H3. The Labute approximate surface area is 107 Å². The third kappa shape index (κ3) is 3.08. The van der Waals surface area contributed by atoms with E-state index < -0.39 is 22.9 Å². The number of hydrogen-bond acceptors (Lipinski definition) is 5. The Bertz CT molecular complexity index is 614. The van der Waals surface area contributed by atoms with Gasteiger partial charge in [0.15, 0.2) is 5.75 Å². The maximum Gasteiger partial charge on any atom is 0.573 e. The van der Waals surface area contributed by atoms with Crippen LogP contribution in [0.2, 0.25) is 0 Å². The minimum absolute atomic E-state index is 0.0463. The van der Waals surface area contributed by atoms with Gasteiger partial charge >= 0.3 is 6.36 Å². The van der Waals surface area contributed by atoms with Gasteiger partial charge in [-0.05, 0) is 22.6 Å². The van der Waals surface area contributed by atoms with Crippen molar-refractivity contribution in [1.82, 2.24) is 20.2 Å². The van der Waals surface area contributed by atoms with Crippen LogP contribution in [-0.2, 0) is 10.8 Å². The van der Waals surface area contributed by atoms with Crippen LogP contribution < -0.4 is 4.74 Å². The van der Waals surface area contributed by atoms with Crippen molar-refractivity contribution in [3.63, 3.8) is 0 Å². The van der Waals surface area contributed by atoms with Gasteiger partial charge in [0, 0.05) is 6.26 Å². The second-order valence-corrected chi connectivity index (χ2v) is 4.62. The molecule has 1 unspecified atom stereocenters. The summed E-state index contributed by atoms with van der Waals surface area (Å²) < 4.78 is 53.0. The molecular weight excluding hydrogens is 285 g/mol. The van der Waals surface area contributed by atoms with Crippen LogP contribution >= 0.6 is 0 Å². The zero-order chi connectivity index (χ0) is 14.0. The highest BCUT2D eigenvalue weighted by Crippen LogP contribution is 2.28. The van der Waals surface area contributed by atoms with Gasteiger partial charge in [-0.1, -0.05) is 17.2 Å². The Kier molecular flexibility index (Phi) is 3.51. The number of ether oxygens (including phenoxy) is 1. The van der Waals surface area contributed by atoms with E-state index in [1.807, 2.05) is 0 Å². The van der Waals surface area contributed by atoms with E-state index in [9.17, 15) is 17.4 Å². The summed E-state index contributed by atoms with van der Waals surface area (Å²) in [5.74, 6) is -0.478. The maximum absolute atomic E-state index is 12.3. The van der Waals surface area contributed by atoms with E-state index in [0.717, 1.165) is 10.7 Å². The van der Waals surface area contributed by atoms with Gasteiger partial charge in [0.25, 0.3) is 0 Å².